The molecule has 2 atom stereocenters. The van der Waals surface area contributed by atoms with Gasteiger partial charge in [0.05, 0.1) is 11.6 Å². The summed E-state index contributed by atoms with van der Waals surface area (Å²) in [5.41, 5.74) is 0.518. The monoisotopic (exact) mass is 413 g/mol. The molecule has 0 spiro atoms. The number of carboxylic acid groups (broad SMARTS) is 1. The van der Waals surface area contributed by atoms with E-state index in [1.807, 2.05) is 47.4 Å². The Balaban J connectivity index is 1.87. The van der Waals surface area contributed by atoms with Crippen LogP contribution >= 0.6 is 0 Å². The number of benzene rings is 3. The standard InChI is InChI=1S/C24H22F3NO2/c25-24(26,27)20-9-5-8-18(15-20)22(28-13-4-3-10-21(28)23(29)30)19-12-11-16-6-1-2-7-17(16)14-19/h1-2,5-9,11-12,14-15,21-22H,3-4,10,13H2,(H,29,30). The van der Waals surface area contributed by atoms with Crippen LogP contribution in [0.2, 0.25) is 0 Å². The smallest absolute Gasteiger partial charge is 0.416 e. The molecule has 1 N–H and O–H groups in total. The topological polar surface area (TPSA) is 40.5 Å². The average molecular weight is 413 g/mol. The van der Waals surface area contributed by atoms with Crippen molar-refractivity contribution in [2.75, 3.05) is 6.54 Å². The first kappa shape index (κ1) is 20.4. The average Bonchev–Trinajstić information content (AvgIpc) is 2.74. The Morgan fingerprint density at radius 3 is 2.40 bits per heavy atom. The first-order valence-electron chi connectivity index (χ1n) is 9.99. The number of likely N-dealkylation sites (tertiary alicyclic amines) is 1. The highest BCUT2D eigenvalue weighted by Crippen LogP contribution is 2.38. The summed E-state index contributed by atoms with van der Waals surface area (Å²) in [7, 11) is 0. The molecular weight excluding hydrogens is 391 g/mol. The third-order valence-electron chi connectivity index (χ3n) is 5.78. The number of fused-ring (bicyclic) bond motifs is 1. The van der Waals surface area contributed by atoms with Crippen molar-refractivity contribution < 1.29 is 23.1 Å². The molecule has 0 amide bonds. The summed E-state index contributed by atoms with van der Waals surface area (Å²) < 4.78 is 40.1. The van der Waals surface area contributed by atoms with Crippen molar-refractivity contribution in [1.29, 1.82) is 0 Å². The van der Waals surface area contributed by atoms with Gasteiger partial charge in [-0.15, -0.1) is 0 Å². The Kier molecular flexibility index (Phi) is 5.52. The van der Waals surface area contributed by atoms with Crippen molar-refractivity contribution in [3.05, 3.63) is 83.4 Å². The summed E-state index contributed by atoms with van der Waals surface area (Å²) in [6, 6.07) is 17.5. The van der Waals surface area contributed by atoms with Crippen LogP contribution in [0.4, 0.5) is 13.2 Å². The van der Waals surface area contributed by atoms with Crippen LogP contribution in [0.15, 0.2) is 66.7 Å². The van der Waals surface area contributed by atoms with E-state index in [2.05, 4.69) is 0 Å². The normalized spacial score (nSPS) is 19.0. The molecule has 1 fully saturated rings. The molecule has 2 unspecified atom stereocenters. The second-order valence-electron chi connectivity index (χ2n) is 7.72. The van der Waals surface area contributed by atoms with Crippen molar-refractivity contribution in [3.8, 4) is 0 Å². The van der Waals surface area contributed by atoms with E-state index in [9.17, 15) is 23.1 Å². The molecule has 0 aliphatic carbocycles. The minimum Gasteiger partial charge on any atom is -0.480 e. The summed E-state index contributed by atoms with van der Waals surface area (Å²) in [5, 5.41) is 11.8. The molecule has 1 aliphatic heterocycles. The Bertz CT molecular complexity index is 1060. The predicted molar refractivity (Wildman–Crippen MR) is 109 cm³/mol. The molecule has 156 valence electrons. The van der Waals surface area contributed by atoms with Crippen molar-refractivity contribution in [3.63, 3.8) is 0 Å². The van der Waals surface area contributed by atoms with Crippen molar-refractivity contribution in [2.45, 2.75) is 37.5 Å². The van der Waals surface area contributed by atoms with Crippen LogP contribution in [0.3, 0.4) is 0 Å². The van der Waals surface area contributed by atoms with E-state index < -0.39 is 29.8 Å². The van der Waals surface area contributed by atoms with Gasteiger partial charge in [0.25, 0.3) is 0 Å². The third kappa shape index (κ3) is 4.05. The van der Waals surface area contributed by atoms with Crippen LogP contribution in [-0.2, 0) is 11.0 Å². The molecule has 1 aliphatic rings. The van der Waals surface area contributed by atoms with Gasteiger partial charge in [0.15, 0.2) is 0 Å². The summed E-state index contributed by atoms with van der Waals surface area (Å²) in [6.07, 6.45) is -2.37. The highest BCUT2D eigenvalue weighted by Gasteiger charge is 2.37. The van der Waals surface area contributed by atoms with E-state index in [0.29, 0.717) is 18.5 Å². The number of rotatable bonds is 4. The minimum atomic E-state index is -4.46. The van der Waals surface area contributed by atoms with Gasteiger partial charge >= 0.3 is 12.1 Å². The van der Waals surface area contributed by atoms with Gasteiger partial charge in [0, 0.05) is 0 Å². The maximum Gasteiger partial charge on any atom is 0.416 e. The van der Waals surface area contributed by atoms with E-state index >= 15 is 0 Å². The second kappa shape index (κ2) is 8.11. The predicted octanol–water partition coefficient (Wildman–Crippen LogP) is 5.89. The SMILES string of the molecule is O=C(O)C1CCCCN1C(c1cccc(C(F)(F)F)c1)c1ccc2ccccc2c1. The maximum absolute atomic E-state index is 13.4. The zero-order chi connectivity index (χ0) is 21.3. The van der Waals surface area contributed by atoms with Gasteiger partial charge in [-0.25, -0.2) is 0 Å². The number of halogens is 3. The Morgan fingerprint density at radius 2 is 1.67 bits per heavy atom. The minimum absolute atomic E-state index is 0.452. The molecular formula is C24H22F3NO2. The molecule has 3 aromatic carbocycles. The molecule has 0 bridgehead atoms. The highest BCUT2D eigenvalue weighted by atomic mass is 19.4. The number of piperidine rings is 1. The number of hydrogen-bond acceptors (Lipinski definition) is 2. The van der Waals surface area contributed by atoms with E-state index in [1.54, 1.807) is 6.07 Å². The number of carboxylic acids is 1. The number of aliphatic carboxylic acids is 1. The molecule has 3 nitrogen and oxygen atoms in total. The molecule has 1 saturated heterocycles. The van der Waals surface area contributed by atoms with Gasteiger partial charge < -0.3 is 5.11 Å². The third-order valence-corrected chi connectivity index (χ3v) is 5.78. The number of alkyl halides is 3. The molecule has 0 saturated carbocycles. The lowest BCUT2D eigenvalue weighted by Crippen LogP contribution is -2.46. The Hall–Kier alpha value is -2.86. The summed E-state index contributed by atoms with van der Waals surface area (Å²) in [5.74, 6) is -0.938. The molecule has 1 heterocycles. The first-order valence-corrected chi connectivity index (χ1v) is 9.99. The fraction of sp³-hybridized carbons (Fsp3) is 0.292. The van der Waals surface area contributed by atoms with Crippen molar-refractivity contribution in [1.82, 2.24) is 4.90 Å². The van der Waals surface area contributed by atoms with Gasteiger partial charge in [-0.1, -0.05) is 55.0 Å². The zero-order valence-electron chi connectivity index (χ0n) is 16.3. The fourth-order valence-corrected chi connectivity index (χ4v) is 4.37. The van der Waals surface area contributed by atoms with Crippen LogP contribution in [-0.4, -0.2) is 28.6 Å². The van der Waals surface area contributed by atoms with Crippen LogP contribution < -0.4 is 0 Å². The van der Waals surface area contributed by atoms with Gasteiger partial charge in [-0.05, 0) is 59.5 Å². The van der Waals surface area contributed by atoms with Gasteiger partial charge in [0.2, 0.25) is 0 Å². The van der Waals surface area contributed by atoms with Gasteiger partial charge in [-0.2, -0.15) is 13.2 Å². The Morgan fingerprint density at radius 1 is 0.933 bits per heavy atom. The fourth-order valence-electron chi connectivity index (χ4n) is 4.37. The zero-order valence-corrected chi connectivity index (χ0v) is 16.3. The summed E-state index contributed by atoms with van der Waals surface area (Å²) >= 11 is 0. The van der Waals surface area contributed by atoms with Crippen LogP contribution in [0, 0.1) is 0 Å². The number of carbonyl (C=O) groups is 1. The van der Waals surface area contributed by atoms with Crippen LogP contribution in [0.5, 0.6) is 0 Å². The van der Waals surface area contributed by atoms with Gasteiger partial charge in [0.1, 0.15) is 6.04 Å². The molecule has 0 aromatic heterocycles. The number of nitrogens with zero attached hydrogens (tertiary/aromatic N) is 1. The molecule has 6 heteroatoms. The first-order chi connectivity index (χ1) is 14.3. The van der Waals surface area contributed by atoms with E-state index in [0.717, 1.165) is 41.3 Å². The maximum atomic E-state index is 13.4. The van der Waals surface area contributed by atoms with Crippen LogP contribution in [0.25, 0.3) is 10.8 Å². The quantitative estimate of drug-likeness (QED) is 0.580. The second-order valence-corrected chi connectivity index (χ2v) is 7.72. The van der Waals surface area contributed by atoms with E-state index in [-0.39, 0.29) is 0 Å². The molecule has 0 radical (unpaired) electrons. The molecule has 4 rings (SSSR count). The lowest BCUT2D eigenvalue weighted by molar-refractivity contribution is -0.145. The molecule has 30 heavy (non-hydrogen) atoms. The van der Waals surface area contributed by atoms with Crippen LogP contribution in [0.1, 0.15) is 42.0 Å². The lowest BCUT2D eigenvalue weighted by atomic mass is 9.90. The molecule has 3 aromatic rings. The summed E-state index contributed by atoms with van der Waals surface area (Å²) in [6.45, 7) is 0.519. The largest absolute Gasteiger partial charge is 0.480 e. The van der Waals surface area contributed by atoms with Crippen molar-refractivity contribution in [2.24, 2.45) is 0 Å². The van der Waals surface area contributed by atoms with Crippen molar-refractivity contribution >= 4 is 16.7 Å². The van der Waals surface area contributed by atoms with E-state index in [1.165, 1.54) is 6.07 Å². The highest BCUT2D eigenvalue weighted by molar-refractivity contribution is 5.83. The number of hydrogen-bond donors (Lipinski definition) is 1. The summed E-state index contributed by atoms with van der Waals surface area (Å²) in [4.78, 5) is 13.8. The Labute approximate surface area is 172 Å². The lowest BCUT2D eigenvalue weighted by Gasteiger charge is -2.40. The van der Waals surface area contributed by atoms with E-state index in [4.69, 9.17) is 0 Å². The van der Waals surface area contributed by atoms with Gasteiger partial charge in [-0.3, -0.25) is 9.69 Å².